The Bertz CT molecular complexity index is 344. The summed E-state index contributed by atoms with van der Waals surface area (Å²) in [5.41, 5.74) is -0.818. The first-order valence-electron chi connectivity index (χ1n) is 6.40. The molecule has 1 saturated heterocycles. The molecule has 18 heavy (non-hydrogen) atoms. The van der Waals surface area contributed by atoms with Crippen LogP contribution in [0.25, 0.3) is 0 Å². The van der Waals surface area contributed by atoms with E-state index >= 15 is 0 Å². The molecule has 3 atom stereocenters. The molecule has 1 heterocycles. The maximum Gasteiger partial charge on any atom is 0.315 e. The van der Waals surface area contributed by atoms with E-state index in [1.807, 2.05) is 11.8 Å². The Morgan fingerprint density at radius 1 is 1.33 bits per heavy atom. The molecule has 0 bridgehead atoms. The van der Waals surface area contributed by atoms with Gasteiger partial charge in [0.25, 0.3) is 0 Å². The van der Waals surface area contributed by atoms with Gasteiger partial charge in [-0.15, -0.1) is 0 Å². The third-order valence-electron chi connectivity index (χ3n) is 4.02. The SMILES string of the molecule is CC1(C(=O)O)CCCC1NC(=O)NC1CCSC1. The third kappa shape index (κ3) is 2.74. The molecule has 1 saturated carbocycles. The van der Waals surface area contributed by atoms with E-state index in [0.717, 1.165) is 30.8 Å². The highest BCUT2D eigenvalue weighted by atomic mass is 32.2. The Labute approximate surface area is 111 Å². The summed E-state index contributed by atoms with van der Waals surface area (Å²) in [4.78, 5) is 23.1. The molecule has 0 spiro atoms. The first-order chi connectivity index (χ1) is 8.52. The van der Waals surface area contributed by atoms with E-state index < -0.39 is 11.4 Å². The molecule has 0 aromatic carbocycles. The fourth-order valence-corrected chi connectivity index (χ4v) is 3.84. The van der Waals surface area contributed by atoms with Crippen molar-refractivity contribution in [2.24, 2.45) is 5.41 Å². The lowest BCUT2D eigenvalue weighted by atomic mass is 9.85. The molecule has 2 aliphatic rings. The van der Waals surface area contributed by atoms with Crippen molar-refractivity contribution in [1.82, 2.24) is 10.6 Å². The van der Waals surface area contributed by atoms with E-state index in [1.54, 1.807) is 6.92 Å². The van der Waals surface area contributed by atoms with Crippen LogP contribution in [-0.4, -0.2) is 40.7 Å². The number of hydrogen-bond donors (Lipinski definition) is 3. The van der Waals surface area contributed by atoms with Crippen LogP contribution in [0.15, 0.2) is 0 Å². The minimum atomic E-state index is -0.818. The van der Waals surface area contributed by atoms with Gasteiger partial charge in [0.2, 0.25) is 0 Å². The average Bonchev–Trinajstić information content (AvgIpc) is 2.90. The Hall–Kier alpha value is -0.910. The smallest absolute Gasteiger partial charge is 0.315 e. The normalized spacial score (nSPS) is 35.4. The quantitative estimate of drug-likeness (QED) is 0.726. The molecule has 1 aliphatic heterocycles. The van der Waals surface area contributed by atoms with Gasteiger partial charge in [-0.3, -0.25) is 4.79 Å². The summed E-state index contributed by atoms with van der Waals surface area (Å²) in [5, 5.41) is 15.0. The molecule has 1 aliphatic carbocycles. The van der Waals surface area contributed by atoms with E-state index in [4.69, 9.17) is 0 Å². The number of aliphatic carboxylic acids is 1. The largest absolute Gasteiger partial charge is 0.481 e. The molecule has 2 amide bonds. The fourth-order valence-electron chi connectivity index (χ4n) is 2.69. The van der Waals surface area contributed by atoms with Gasteiger partial charge in [0.05, 0.1) is 5.41 Å². The lowest BCUT2D eigenvalue weighted by Crippen LogP contribution is -2.52. The van der Waals surface area contributed by atoms with Crippen molar-refractivity contribution in [3.63, 3.8) is 0 Å². The number of rotatable bonds is 3. The van der Waals surface area contributed by atoms with Gasteiger partial charge in [-0.1, -0.05) is 6.42 Å². The first kappa shape index (κ1) is 13.5. The van der Waals surface area contributed by atoms with Crippen LogP contribution in [0.5, 0.6) is 0 Å². The zero-order chi connectivity index (χ0) is 13.2. The zero-order valence-electron chi connectivity index (χ0n) is 10.6. The number of carboxylic acids is 1. The second-order valence-electron chi connectivity index (χ2n) is 5.35. The van der Waals surface area contributed by atoms with E-state index in [2.05, 4.69) is 10.6 Å². The Morgan fingerprint density at radius 3 is 2.72 bits per heavy atom. The molecule has 2 rings (SSSR count). The summed E-state index contributed by atoms with van der Waals surface area (Å²) in [7, 11) is 0. The summed E-state index contributed by atoms with van der Waals surface area (Å²) in [6.07, 6.45) is 3.23. The van der Waals surface area contributed by atoms with Gasteiger partial charge in [0.15, 0.2) is 0 Å². The molecule has 0 aromatic heterocycles. The Kier molecular flexibility index (Phi) is 4.04. The van der Waals surface area contributed by atoms with Gasteiger partial charge >= 0.3 is 12.0 Å². The molecule has 6 heteroatoms. The van der Waals surface area contributed by atoms with Crippen LogP contribution in [0.1, 0.15) is 32.6 Å². The van der Waals surface area contributed by atoms with Crippen molar-refractivity contribution in [3.05, 3.63) is 0 Å². The molecule has 3 unspecified atom stereocenters. The van der Waals surface area contributed by atoms with Crippen molar-refractivity contribution in [2.75, 3.05) is 11.5 Å². The summed E-state index contributed by atoms with van der Waals surface area (Å²) < 4.78 is 0. The molecule has 5 nitrogen and oxygen atoms in total. The number of hydrogen-bond acceptors (Lipinski definition) is 3. The highest BCUT2D eigenvalue weighted by molar-refractivity contribution is 7.99. The predicted octanol–water partition coefficient (Wildman–Crippen LogP) is 1.43. The van der Waals surface area contributed by atoms with Gasteiger partial charge in [0, 0.05) is 17.8 Å². The van der Waals surface area contributed by atoms with Crippen molar-refractivity contribution in [3.8, 4) is 0 Å². The molecule has 0 radical (unpaired) electrons. The maximum absolute atomic E-state index is 11.8. The Balaban J connectivity index is 1.88. The van der Waals surface area contributed by atoms with Crippen molar-refractivity contribution in [1.29, 1.82) is 0 Å². The predicted molar refractivity (Wildman–Crippen MR) is 70.8 cm³/mol. The molecule has 102 valence electrons. The number of carboxylic acid groups (broad SMARTS) is 1. The second-order valence-corrected chi connectivity index (χ2v) is 6.50. The van der Waals surface area contributed by atoms with Crippen LogP contribution in [-0.2, 0) is 4.79 Å². The fraction of sp³-hybridized carbons (Fsp3) is 0.833. The van der Waals surface area contributed by atoms with Crippen LogP contribution in [0.2, 0.25) is 0 Å². The summed E-state index contributed by atoms with van der Waals surface area (Å²) >= 11 is 1.83. The lowest BCUT2D eigenvalue weighted by Gasteiger charge is -2.28. The highest BCUT2D eigenvalue weighted by Gasteiger charge is 2.46. The van der Waals surface area contributed by atoms with Crippen LogP contribution in [0.4, 0.5) is 4.79 Å². The summed E-state index contributed by atoms with van der Waals surface area (Å²) in [5.74, 6) is 1.22. The highest BCUT2D eigenvalue weighted by Crippen LogP contribution is 2.38. The number of amides is 2. The van der Waals surface area contributed by atoms with Crippen LogP contribution in [0.3, 0.4) is 0 Å². The topological polar surface area (TPSA) is 78.4 Å². The first-order valence-corrected chi connectivity index (χ1v) is 7.56. The number of carbonyl (C=O) groups is 2. The van der Waals surface area contributed by atoms with Gasteiger partial charge in [-0.05, 0) is 31.9 Å². The Morgan fingerprint density at radius 2 is 2.11 bits per heavy atom. The number of nitrogens with one attached hydrogen (secondary N) is 2. The van der Waals surface area contributed by atoms with Gasteiger partial charge < -0.3 is 15.7 Å². The minimum Gasteiger partial charge on any atom is -0.481 e. The number of urea groups is 1. The third-order valence-corrected chi connectivity index (χ3v) is 5.18. The molecule has 0 aromatic rings. The van der Waals surface area contributed by atoms with Gasteiger partial charge in [0.1, 0.15) is 0 Å². The van der Waals surface area contributed by atoms with Crippen molar-refractivity contribution < 1.29 is 14.7 Å². The monoisotopic (exact) mass is 272 g/mol. The maximum atomic E-state index is 11.8. The van der Waals surface area contributed by atoms with Crippen molar-refractivity contribution >= 4 is 23.8 Å². The van der Waals surface area contributed by atoms with E-state index in [-0.39, 0.29) is 18.1 Å². The zero-order valence-corrected chi connectivity index (χ0v) is 11.4. The average molecular weight is 272 g/mol. The molecule has 3 N–H and O–H groups in total. The number of thioether (sulfide) groups is 1. The standard InChI is InChI=1S/C12H20N2O3S/c1-12(10(15)16)5-2-3-9(12)14-11(17)13-8-4-6-18-7-8/h8-9H,2-7H2,1H3,(H,15,16)(H2,13,14,17). The van der Waals surface area contributed by atoms with Crippen molar-refractivity contribution in [2.45, 2.75) is 44.7 Å². The molecular formula is C12H20N2O3S. The van der Waals surface area contributed by atoms with E-state index in [9.17, 15) is 14.7 Å². The lowest BCUT2D eigenvalue weighted by molar-refractivity contribution is -0.148. The molecule has 2 fully saturated rings. The van der Waals surface area contributed by atoms with Crippen LogP contribution < -0.4 is 10.6 Å². The van der Waals surface area contributed by atoms with Crippen LogP contribution in [0, 0.1) is 5.41 Å². The summed E-state index contributed by atoms with van der Waals surface area (Å²) in [6, 6.07) is -0.251. The number of carbonyl (C=O) groups excluding carboxylic acids is 1. The summed E-state index contributed by atoms with van der Waals surface area (Å²) in [6.45, 7) is 1.72. The van der Waals surface area contributed by atoms with Gasteiger partial charge in [-0.2, -0.15) is 11.8 Å². The van der Waals surface area contributed by atoms with Crippen LogP contribution >= 0.6 is 11.8 Å². The minimum absolute atomic E-state index is 0.220. The molecular weight excluding hydrogens is 252 g/mol. The van der Waals surface area contributed by atoms with E-state index in [0.29, 0.717) is 6.42 Å². The second kappa shape index (κ2) is 5.38. The van der Waals surface area contributed by atoms with Gasteiger partial charge in [-0.25, -0.2) is 4.79 Å². The van der Waals surface area contributed by atoms with E-state index in [1.165, 1.54) is 0 Å².